The third-order valence-corrected chi connectivity index (χ3v) is 5.00. The van der Waals surface area contributed by atoms with E-state index in [0.717, 1.165) is 11.1 Å². The Morgan fingerprint density at radius 2 is 2.04 bits per heavy atom. The lowest BCUT2D eigenvalue weighted by atomic mass is 10.2. The number of nitrogens with one attached hydrogen (secondary N) is 1. The monoisotopic (exact) mass is 391 g/mol. The van der Waals surface area contributed by atoms with Gasteiger partial charge in [-0.3, -0.25) is 4.79 Å². The lowest BCUT2D eigenvalue weighted by molar-refractivity contribution is -0.115. The van der Waals surface area contributed by atoms with Crippen LogP contribution in [0.5, 0.6) is 11.5 Å². The van der Waals surface area contributed by atoms with Gasteiger partial charge in [0.1, 0.15) is 10.9 Å². The molecule has 7 heteroatoms. The van der Waals surface area contributed by atoms with Crippen LogP contribution in [-0.4, -0.2) is 17.3 Å². The van der Waals surface area contributed by atoms with E-state index in [1.54, 1.807) is 19.3 Å². The van der Waals surface area contributed by atoms with Crippen LogP contribution in [0, 0.1) is 0 Å². The van der Waals surface area contributed by atoms with Crippen molar-refractivity contribution in [3.8, 4) is 11.5 Å². The van der Waals surface area contributed by atoms with Crippen molar-refractivity contribution >= 4 is 51.9 Å². The van der Waals surface area contributed by atoms with E-state index in [0.29, 0.717) is 32.4 Å². The quantitative estimate of drug-likeness (QED) is 0.604. The summed E-state index contributed by atoms with van der Waals surface area (Å²) in [5.41, 5.74) is 1.70. The predicted molar refractivity (Wildman–Crippen MR) is 105 cm³/mol. The third-order valence-electron chi connectivity index (χ3n) is 3.47. The number of hydrogen-bond donors (Lipinski definition) is 1. The van der Waals surface area contributed by atoms with Crippen molar-refractivity contribution in [3.63, 3.8) is 0 Å². The van der Waals surface area contributed by atoms with Crippen molar-refractivity contribution in [1.82, 2.24) is 5.32 Å². The maximum Gasteiger partial charge on any atom is 0.263 e. The second kappa shape index (κ2) is 7.91. The molecule has 1 aliphatic heterocycles. The van der Waals surface area contributed by atoms with Gasteiger partial charge in [0.2, 0.25) is 0 Å². The van der Waals surface area contributed by atoms with Crippen molar-refractivity contribution in [2.75, 3.05) is 7.11 Å². The molecule has 25 heavy (non-hydrogen) atoms. The topological polar surface area (TPSA) is 47.6 Å². The van der Waals surface area contributed by atoms with Gasteiger partial charge < -0.3 is 14.8 Å². The SMILES string of the molecule is COc1ccc(/C=C2/SC(=S)NC2=O)cc1OCc1ccccc1Cl. The van der Waals surface area contributed by atoms with Gasteiger partial charge in [-0.15, -0.1) is 0 Å². The van der Waals surface area contributed by atoms with Gasteiger partial charge in [-0.1, -0.05) is 59.8 Å². The molecule has 0 spiro atoms. The zero-order chi connectivity index (χ0) is 17.8. The standard InChI is InChI=1S/C18H14ClNO3S2/c1-22-14-7-6-11(9-16-17(21)20-18(24)25-16)8-15(14)23-10-12-4-2-3-5-13(12)19/h2-9H,10H2,1H3,(H,20,21,24)/b16-9+. The van der Waals surface area contributed by atoms with Crippen LogP contribution in [0.1, 0.15) is 11.1 Å². The summed E-state index contributed by atoms with van der Waals surface area (Å²) in [6.07, 6.45) is 1.76. The highest BCUT2D eigenvalue weighted by Crippen LogP contribution is 2.32. The van der Waals surface area contributed by atoms with Crippen LogP contribution < -0.4 is 14.8 Å². The van der Waals surface area contributed by atoms with Crippen LogP contribution in [0.3, 0.4) is 0 Å². The Morgan fingerprint density at radius 1 is 1.24 bits per heavy atom. The van der Waals surface area contributed by atoms with E-state index in [1.807, 2.05) is 36.4 Å². The predicted octanol–water partition coefficient (Wildman–Crippen LogP) is 4.42. The van der Waals surface area contributed by atoms with E-state index in [9.17, 15) is 4.79 Å². The van der Waals surface area contributed by atoms with E-state index in [-0.39, 0.29) is 5.91 Å². The molecule has 3 rings (SSSR count). The molecule has 2 aromatic rings. The second-order valence-electron chi connectivity index (χ2n) is 5.14. The van der Waals surface area contributed by atoms with Crippen molar-refractivity contribution in [2.24, 2.45) is 0 Å². The molecule has 0 saturated carbocycles. The number of benzene rings is 2. The molecule has 0 unspecified atom stereocenters. The average Bonchev–Trinajstić information content (AvgIpc) is 2.91. The van der Waals surface area contributed by atoms with Crippen LogP contribution in [0.2, 0.25) is 5.02 Å². The summed E-state index contributed by atoms with van der Waals surface area (Å²) in [4.78, 5) is 12.3. The number of thioether (sulfide) groups is 1. The smallest absolute Gasteiger partial charge is 0.263 e. The van der Waals surface area contributed by atoms with Crippen molar-refractivity contribution < 1.29 is 14.3 Å². The Bertz CT molecular complexity index is 867. The number of carbonyl (C=O) groups is 1. The number of thiocarbonyl (C=S) groups is 1. The minimum Gasteiger partial charge on any atom is -0.493 e. The first-order valence-corrected chi connectivity index (χ1v) is 8.96. The number of carbonyl (C=O) groups excluding carboxylic acids is 1. The fourth-order valence-corrected chi connectivity index (χ4v) is 3.47. The maximum absolute atomic E-state index is 11.8. The lowest BCUT2D eigenvalue weighted by Crippen LogP contribution is -2.17. The highest BCUT2D eigenvalue weighted by molar-refractivity contribution is 8.26. The summed E-state index contributed by atoms with van der Waals surface area (Å²) < 4.78 is 11.7. The van der Waals surface area contributed by atoms with Gasteiger partial charge in [-0.2, -0.15) is 0 Å². The van der Waals surface area contributed by atoms with E-state index in [1.165, 1.54) is 11.8 Å². The summed E-state index contributed by atoms with van der Waals surface area (Å²) in [7, 11) is 1.58. The molecule has 1 heterocycles. The van der Waals surface area contributed by atoms with E-state index < -0.39 is 0 Å². The molecule has 0 atom stereocenters. The van der Waals surface area contributed by atoms with Crippen LogP contribution in [0.4, 0.5) is 0 Å². The largest absolute Gasteiger partial charge is 0.493 e. The van der Waals surface area contributed by atoms with Gasteiger partial charge in [0.15, 0.2) is 11.5 Å². The number of methoxy groups -OCH3 is 1. The third kappa shape index (κ3) is 4.34. The molecule has 1 N–H and O–H groups in total. The fraction of sp³-hybridized carbons (Fsp3) is 0.111. The molecule has 1 aliphatic rings. The molecule has 4 nitrogen and oxygen atoms in total. The Balaban J connectivity index is 1.83. The first-order valence-electron chi connectivity index (χ1n) is 7.36. The fourth-order valence-electron chi connectivity index (χ4n) is 2.24. The maximum atomic E-state index is 11.8. The van der Waals surface area contributed by atoms with Gasteiger partial charge >= 0.3 is 0 Å². The Hall–Kier alpha value is -2.02. The molecular formula is C18H14ClNO3S2. The molecule has 1 fully saturated rings. The van der Waals surface area contributed by atoms with Crippen molar-refractivity contribution in [3.05, 3.63) is 63.5 Å². The molecular weight excluding hydrogens is 378 g/mol. The molecule has 0 radical (unpaired) electrons. The molecule has 1 saturated heterocycles. The highest BCUT2D eigenvalue weighted by Gasteiger charge is 2.22. The van der Waals surface area contributed by atoms with Crippen LogP contribution >= 0.6 is 35.6 Å². The molecule has 0 aromatic heterocycles. The van der Waals surface area contributed by atoms with Crippen molar-refractivity contribution in [2.45, 2.75) is 6.61 Å². The van der Waals surface area contributed by atoms with Gasteiger partial charge in [-0.05, 0) is 29.8 Å². The number of halogens is 1. The second-order valence-corrected chi connectivity index (χ2v) is 7.27. The van der Waals surface area contributed by atoms with E-state index >= 15 is 0 Å². The summed E-state index contributed by atoms with van der Waals surface area (Å²) >= 11 is 12.4. The first-order chi connectivity index (χ1) is 12.1. The highest BCUT2D eigenvalue weighted by atomic mass is 35.5. The average molecular weight is 392 g/mol. The number of rotatable bonds is 5. The van der Waals surface area contributed by atoms with Gasteiger partial charge in [0, 0.05) is 10.6 Å². The summed E-state index contributed by atoms with van der Waals surface area (Å²) in [5.74, 6) is 0.986. The number of hydrogen-bond acceptors (Lipinski definition) is 5. The first kappa shape index (κ1) is 17.8. The summed E-state index contributed by atoms with van der Waals surface area (Å²) in [6.45, 7) is 0.315. The van der Waals surface area contributed by atoms with Gasteiger partial charge in [-0.25, -0.2) is 0 Å². The normalized spacial score (nSPS) is 15.4. The zero-order valence-corrected chi connectivity index (χ0v) is 15.6. The van der Waals surface area contributed by atoms with Crippen molar-refractivity contribution in [1.29, 1.82) is 0 Å². The lowest BCUT2D eigenvalue weighted by Gasteiger charge is -2.12. The molecule has 128 valence electrons. The summed E-state index contributed by atoms with van der Waals surface area (Å²) in [6, 6.07) is 13.0. The van der Waals surface area contributed by atoms with Gasteiger partial charge in [0.05, 0.1) is 12.0 Å². The number of ether oxygens (including phenoxy) is 2. The molecule has 0 bridgehead atoms. The summed E-state index contributed by atoms with van der Waals surface area (Å²) in [5, 5.41) is 3.24. The van der Waals surface area contributed by atoms with E-state index in [4.69, 9.17) is 33.3 Å². The zero-order valence-electron chi connectivity index (χ0n) is 13.2. The molecule has 1 amide bonds. The Labute approximate surface area is 160 Å². The Kier molecular flexibility index (Phi) is 5.63. The molecule has 0 aliphatic carbocycles. The Morgan fingerprint density at radius 3 is 2.72 bits per heavy atom. The van der Waals surface area contributed by atoms with Crippen LogP contribution in [0.15, 0.2) is 47.4 Å². The van der Waals surface area contributed by atoms with Crippen LogP contribution in [0.25, 0.3) is 6.08 Å². The molecule has 2 aromatic carbocycles. The number of amides is 1. The minimum absolute atomic E-state index is 0.190. The minimum atomic E-state index is -0.190. The van der Waals surface area contributed by atoms with Crippen LogP contribution in [-0.2, 0) is 11.4 Å². The van der Waals surface area contributed by atoms with Gasteiger partial charge in [0.25, 0.3) is 5.91 Å². The van der Waals surface area contributed by atoms with E-state index in [2.05, 4.69) is 5.32 Å².